The van der Waals surface area contributed by atoms with Crippen molar-refractivity contribution in [2.24, 2.45) is 5.92 Å². The fourth-order valence-electron chi connectivity index (χ4n) is 2.30. The second-order valence-electron chi connectivity index (χ2n) is 6.98. The lowest BCUT2D eigenvalue weighted by Gasteiger charge is -2.24. The van der Waals surface area contributed by atoms with Gasteiger partial charge in [0.1, 0.15) is 18.9 Å². The average molecular weight is 429 g/mol. The minimum atomic E-state index is -4.15. The van der Waals surface area contributed by atoms with Crippen LogP contribution in [0.1, 0.15) is 32.8 Å². The van der Waals surface area contributed by atoms with Gasteiger partial charge in [-0.15, -0.1) is 0 Å². The molecule has 1 unspecified atom stereocenters. The Labute approximate surface area is 169 Å². The van der Waals surface area contributed by atoms with Crippen molar-refractivity contribution in [3.8, 4) is 0 Å². The first-order valence-electron chi connectivity index (χ1n) is 9.07. The molecule has 0 aromatic heterocycles. The number of aliphatic carboxylic acids is 1. The van der Waals surface area contributed by atoms with E-state index in [1.807, 2.05) is 19.9 Å². The number of carbonyl (C=O) groups excluding carboxylic acids is 2. The fraction of sp³-hybridized carbons (Fsp3) is 0.500. The maximum atomic E-state index is 12.4. The van der Waals surface area contributed by atoms with Crippen molar-refractivity contribution in [2.75, 3.05) is 6.29 Å². The highest BCUT2D eigenvalue weighted by molar-refractivity contribution is 7.55. The highest BCUT2D eigenvalue weighted by atomic mass is 31.2. The lowest BCUT2D eigenvalue weighted by molar-refractivity contribution is -0.141. The lowest BCUT2D eigenvalue weighted by Crippen LogP contribution is -2.49. The summed E-state index contributed by atoms with van der Waals surface area (Å²) in [7, 11) is -4.15. The average Bonchev–Trinajstić information content (AvgIpc) is 2.64. The Morgan fingerprint density at radius 2 is 1.76 bits per heavy atom. The monoisotopic (exact) mass is 429 g/mol. The molecule has 3 atom stereocenters. The summed E-state index contributed by atoms with van der Waals surface area (Å²) in [4.78, 5) is 45.0. The van der Waals surface area contributed by atoms with E-state index in [1.54, 1.807) is 24.3 Å². The van der Waals surface area contributed by atoms with Gasteiger partial charge in [0.2, 0.25) is 5.91 Å². The predicted octanol–water partition coefficient (Wildman–Crippen LogP) is 1.65. The number of rotatable bonds is 11. The number of amides is 2. The van der Waals surface area contributed by atoms with Crippen LogP contribution in [-0.4, -0.2) is 46.3 Å². The van der Waals surface area contributed by atoms with Crippen LogP contribution in [0.15, 0.2) is 30.3 Å². The van der Waals surface area contributed by atoms with Gasteiger partial charge in [-0.2, -0.15) is 0 Å². The zero-order valence-corrected chi connectivity index (χ0v) is 17.5. The second-order valence-corrected chi connectivity index (χ2v) is 8.96. The molecule has 10 nitrogen and oxygen atoms in total. The third-order valence-electron chi connectivity index (χ3n) is 3.76. The van der Waals surface area contributed by atoms with Crippen molar-refractivity contribution in [2.45, 2.75) is 45.9 Å². The van der Waals surface area contributed by atoms with Crippen molar-refractivity contribution in [1.82, 2.24) is 15.7 Å². The number of benzene rings is 1. The zero-order valence-electron chi connectivity index (χ0n) is 16.6. The van der Waals surface area contributed by atoms with Gasteiger partial charge >= 0.3 is 12.1 Å². The van der Waals surface area contributed by atoms with Crippen LogP contribution in [0, 0.1) is 5.92 Å². The van der Waals surface area contributed by atoms with Crippen molar-refractivity contribution < 1.29 is 33.7 Å². The predicted molar refractivity (Wildman–Crippen MR) is 106 cm³/mol. The first-order chi connectivity index (χ1) is 13.5. The molecule has 0 aliphatic heterocycles. The number of hydrogen-bond donors (Lipinski definition) is 5. The summed E-state index contributed by atoms with van der Waals surface area (Å²) >= 11 is 0. The quantitative estimate of drug-likeness (QED) is 0.333. The van der Waals surface area contributed by atoms with Gasteiger partial charge in [0.05, 0.1) is 6.04 Å². The number of nitrogens with one attached hydrogen (secondary N) is 3. The van der Waals surface area contributed by atoms with Crippen molar-refractivity contribution in [3.05, 3.63) is 35.9 Å². The molecule has 29 heavy (non-hydrogen) atoms. The van der Waals surface area contributed by atoms with Gasteiger partial charge in [0.15, 0.2) is 0 Å². The number of carboxylic acids is 1. The van der Waals surface area contributed by atoms with Crippen LogP contribution < -0.4 is 15.7 Å². The summed E-state index contributed by atoms with van der Waals surface area (Å²) in [5.74, 6) is -1.95. The number of ether oxygens (including phenoxy) is 1. The number of hydrogen-bond acceptors (Lipinski definition) is 5. The molecule has 0 bridgehead atoms. The van der Waals surface area contributed by atoms with Gasteiger partial charge in [0.25, 0.3) is 7.52 Å². The summed E-state index contributed by atoms with van der Waals surface area (Å²) in [6, 6.07) is 6.66. The van der Waals surface area contributed by atoms with Crippen LogP contribution in [0.4, 0.5) is 4.79 Å². The molecule has 0 spiro atoms. The molecular weight excluding hydrogens is 401 g/mol. The largest absolute Gasteiger partial charge is 0.480 e. The molecule has 0 aliphatic rings. The first-order valence-corrected chi connectivity index (χ1v) is 10.9. The molecule has 11 heteroatoms. The molecule has 2 amide bonds. The summed E-state index contributed by atoms with van der Waals surface area (Å²) in [5, 5.41) is 15.7. The maximum absolute atomic E-state index is 12.4. The van der Waals surface area contributed by atoms with Crippen molar-refractivity contribution in [1.29, 1.82) is 0 Å². The number of carbonyl (C=O) groups is 3. The third kappa shape index (κ3) is 10.1. The minimum absolute atomic E-state index is 0.00128. The Kier molecular flexibility index (Phi) is 9.80. The van der Waals surface area contributed by atoms with Gasteiger partial charge in [-0.25, -0.2) is 9.88 Å². The van der Waals surface area contributed by atoms with Crippen LogP contribution in [0.25, 0.3) is 0 Å². The lowest BCUT2D eigenvalue weighted by atomic mass is 10.0. The van der Waals surface area contributed by atoms with E-state index in [1.165, 1.54) is 6.92 Å². The molecule has 1 aromatic rings. The molecule has 0 radical (unpaired) electrons. The topological polar surface area (TPSA) is 154 Å². The van der Waals surface area contributed by atoms with Gasteiger partial charge in [0, 0.05) is 0 Å². The summed E-state index contributed by atoms with van der Waals surface area (Å²) in [6.07, 6.45) is -1.34. The number of carboxylic acid groups (broad SMARTS) is 1. The number of alkyl carbamates (subject to hydrolysis) is 1. The second kappa shape index (κ2) is 11.5. The van der Waals surface area contributed by atoms with E-state index < -0.39 is 43.9 Å². The van der Waals surface area contributed by atoms with E-state index in [0.717, 1.165) is 5.56 Å². The van der Waals surface area contributed by atoms with Gasteiger partial charge in [-0.05, 0) is 24.8 Å². The molecule has 0 saturated heterocycles. The highest BCUT2D eigenvalue weighted by Crippen LogP contribution is 2.35. The Bertz CT molecular complexity index is 742. The van der Waals surface area contributed by atoms with E-state index in [2.05, 4.69) is 15.7 Å². The Morgan fingerprint density at radius 1 is 1.14 bits per heavy atom. The fourth-order valence-corrected chi connectivity index (χ4v) is 3.44. The van der Waals surface area contributed by atoms with E-state index in [-0.39, 0.29) is 18.9 Å². The Hall–Kier alpha value is -2.42. The van der Waals surface area contributed by atoms with Gasteiger partial charge in [-0.1, -0.05) is 44.2 Å². The van der Waals surface area contributed by atoms with E-state index in [9.17, 15) is 23.8 Å². The molecule has 0 fully saturated rings. The molecule has 1 aromatic carbocycles. The third-order valence-corrected chi connectivity index (χ3v) is 5.06. The normalized spacial score (nSPS) is 15.1. The van der Waals surface area contributed by atoms with Gasteiger partial charge < -0.3 is 25.4 Å². The van der Waals surface area contributed by atoms with Crippen LogP contribution in [0.3, 0.4) is 0 Å². The standard InChI is InChI=1S/C18H28N3O7P/c1-12(2)9-15(16(22)20-13(3)17(23)24)21-29(26,27)11-19-18(25)28-10-14-7-5-4-6-8-14/h4-8,12-13,15H,9-11H2,1-3H3,(H,19,25)(H,20,22)(H,23,24)(H2,21,26,27)/t13-,15-/m0/s1. The van der Waals surface area contributed by atoms with Crippen molar-refractivity contribution >= 4 is 25.5 Å². The molecule has 1 rings (SSSR count). The molecule has 0 heterocycles. The first kappa shape index (κ1) is 24.6. The molecule has 0 saturated carbocycles. The summed E-state index contributed by atoms with van der Waals surface area (Å²) < 4.78 is 17.4. The van der Waals surface area contributed by atoms with Crippen LogP contribution in [0.5, 0.6) is 0 Å². The van der Waals surface area contributed by atoms with E-state index in [4.69, 9.17) is 9.84 Å². The smallest absolute Gasteiger partial charge is 0.407 e. The van der Waals surface area contributed by atoms with Crippen molar-refractivity contribution in [3.63, 3.8) is 0 Å². The van der Waals surface area contributed by atoms with E-state index >= 15 is 0 Å². The Morgan fingerprint density at radius 3 is 2.31 bits per heavy atom. The molecule has 5 N–H and O–H groups in total. The highest BCUT2D eigenvalue weighted by Gasteiger charge is 2.30. The van der Waals surface area contributed by atoms with Crippen LogP contribution in [0.2, 0.25) is 0 Å². The Balaban J connectivity index is 2.60. The minimum Gasteiger partial charge on any atom is -0.480 e. The van der Waals surface area contributed by atoms with Crippen LogP contribution in [-0.2, 0) is 25.5 Å². The van der Waals surface area contributed by atoms with E-state index in [0.29, 0.717) is 0 Å². The zero-order chi connectivity index (χ0) is 22.0. The van der Waals surface area contributed by atoms with Crippen LogP contribution >= 0.6 is 7.52 Å². The molecule has 162 valence electrons. The SMILES string of the molecule is CC(C)C[C@H](NP(=O)(O)CNC(=O)OCc1ccccc1)C(=O)N[C@@H](C)C(=O)O. The van der Waals surface area contributed by atoms with Gasteiger partial charge in [-0.3, -0.25) is 14.2 Å². The maximum Gasteiger partial charge on any atom is 0.407 e. The molecular formula is C18H28N3O7P. The summed E-state index contributed by atoms with van der Waals surface area (Å²) in [5.41, 5.74) is 0.758. The summed E-state index contributed by atoms with van der Waals surface area (Å²) in [6.45, 7) is 4.91. The molecule has 0 aliphatic carbocycles.